The molecule has 2 N–H and O–H groups in total. The number of hydrogen-bond acceptors (Lipinski definition) is 2. The van der Waals surface area contributed by atoms with E-state index in [1.165, 1.54) is 5.56 Å². The minimum atomic E-state index is 0.0836. The lowest BCUT2D eigenvalue weighted by molar-refractivity contribution is -0.123. The molecule has 1 amide bonds. The van der Waals surface area contributed by atoms with Crippen LogP contribution in [0.4, 0.5) is 0 Å². The largest absolute Gasteiger partial charge is 0.360 e. The molecule has 4 heteroatoms. The number of nitrogens with one attached hydrogen (secondary N) is 2. The summed E-state index contributed by atoms with van der Waals surface area (Å²) < 4.78 is 0. The van der Waals surface area contributed by atoms with Crippen LogP contribution in [0, 0.1) is 5.92 Å². The van der Waals surface area contributed by atoms with Crippen molar-refractivity contribution >= 4 is 23.2 Å². The summed E-state index contributed by atoms with van der Waals surface area (Å²) in [5.41, 5.74) is 1.33. The predicted molar refractivity (Wildman–Crippen MR) is 90.1 cm³/mol. The minimum Gasteiger partial charge on any atom is -0.360 e. The Kier molecular flexibility index (Phi) is 6.18. The normalized spacial score (nSPS) is 16.4. The van der Waals surface area contributed by atoms with E-state index in [9.17, 15) is 4.79 Å². The zero-order valence-electron chi connectivity index (χ0n) is 12.6. The highest BCUT2D eigenvalue weighted by Gasteiger charge is 2.23. The van der Waals surface area contributed by atoms with Crippen molar-refractivity contribution in [3.63, 3.8) is 0 Å². The molecule has 21 heavy (non-hydrogen) atoms. The Morgan fingerprint density at radius 3 is 2.62 bits per heavy atom. The number of benzene rings is 1. The predicted octanol–water partition coefficient (Wildman–Crippen LogP) is 3.19. The van der Waals surface area contributed by atoms with Crippen LogP contribution in [0.2, 0.25) is 0 Å². The highest BCUT2D eigenvalue weighted by molar-refractivity contribution is 7.80. The molecule has 114 valence electrons. The Hall–Kier alpha value is -1.42. The molecule has 1 atom stereocenters. The van der Waals surface area contributed by atoms with E-state index < -0.39 is 0 Å². The van der Waals surface area contributed by atoms with Gasteiger partial charge in [0.25, 0.3) is 0 Å². The number of amides is 1. The second kappa shape index (κ2) is 8.13. The summed E-state index contributed by atoms with van der Waals surface area (Å²) in [6.45, 7) is 2.09. The monoisotopic (exact) mass is 304 g/mol. The molecule has 0 aromatic heterocycles. The van der Waals surface area contributed by atoms with Crippen LogP contribution in [0.25, 0.3) is 0 Å². The third kappa shape index (κ3) is 5.46. The molecule has 0 bridgehead atoms. The van der Waals surface area contributed by atoms with Gasteiger partial charge in [-0.25, -0.2) is 0 Å². The van der Waals surface area contributed by atoms with Gasteiger partial charge >= 0.3 is 0 Å². The lowest BCUT2D eigenvalue weighted by Gasteiger charge is -2.17. The molecular weight excluding hydrogens is 280 g/mol. The molecule has 1 aliphatic carbocycles. The average Bonchev–Trinajstić information content (AvgIpc) is 3.00. The summed E-state index contributed by atoms with van der Waals surface area (Å²) in [7, 11) is 0. The van der Waals surface area contributed by atoms with Gasteiger partial charge in [0.1, 0.15) is 0 Å². The first-order chi connectivity index (χ1) is 10.1. The highest BCUT2D eigenvalue weighted by Crippen LogP contribution is 2.24. The van der Waals surface area contributed by atoms with E-state index in [4.69, 9.17) is 12.2 Å². The van der Waals surface area contributed by atoms with Crippen molar-refractivity contribution in [2.24, 2.45) is 5.92 Å². The zero-order valence-corrected chi connectivity index (χ0v) is 13.4. The van der Waals surface area contributed by atoms with Gasteiger partial charge in [0.2, 0.25) is 5.91 Å². The fraction of sp³-hybridized carbons (Fsp3) is 0.529. The number of rotatable bonds is 5. The maximum Gasteiger partial charge on any atom is 0.229 e. The molecule has 1 aliphatic rings. The highest BCUT2D eigenvalue weighted by atomic mass is 32.1. The van der Waals surface area contributed by atoms with Gasteiger partial charge in [-0.05, 0) is 50.4 Å². The van der Waals surface area contributed by atoms with E-state index in [1.807, 2.05) is 6.07 Å². The molecule has 3 nitrogen and oxygen atoms in total. The molecule has 1 fully saturated rings. The Morgan fingerprint density at radius 1 is 1.29 bits per heavy atom. The average molecular weight is 304 g/mol. The van der Waals surface area contributed by atoms with E-state index in [2.05, 4.69) is 41.8 Å². The number of aryl methyl sites for hydroxylation is 1. The fourth-order valence-corrected chi connectivity index (χ4v) is 3.06. The molecule has 0 saturated heterocycles. The van der Waals surface area contributed by atoms with Crippen molar-refractivity contribution in [2.45, 2.75) is 51.5 Å². The van der Waals surface area contributed by atoms with Gasteiger partial charge < -0.3 is 10.6 Å². The van der Waals surface area contributed by atoms with E-state index >= 15 is 0 Å². The number of thiocarbonyl (C=S) groups is 1. The summed E-state index contributed by atoms with van der Waals surface area (Å²) >= 11 is 5.23. The molecule has 0 aliphatic heterocycles. The fourth-order valence-electron chi connectivity index (χ4n) is 2.76. The lowest BCUT2D eigenvalue weighted by Crippen LogP contribution is -2.45. The summed E-state index contributed by atoms with van der Waals surface area (Å²) in [5.74, 6) is 0.240. The third-order valence-electron chi connectivity index (χ3n) is 4.05. The molecule has 0 radical (unpaired) electrons. The van der Waals surface area contributed by atoms with Crippen LogP contribution in [-0.2, 0) is 11.2 Å². The van der Waals surface area contributed by atoms with E-state index in [0.717, 1.165) is 38.5 Å². The maximum atomic E-state index is 12.0. The summed E-state index contributed by atoms with van der Waals surface area (Å²) in [6.07, 6.45) is 6.31. The molecule has 1 aromatic rings. The smallest absolute Gasteiger partial charge is 0.229 e. The van der Waals surface area contributed by atoms with Crippen LogP contribution in [0.5, 0.6) is 0 Å². The molecule has 2 rings (SSSR count). The molecule has 0 heterocycles. The maximum absolute atomic E-state index is 12.0. The standard InChI is InChI=1S/C17H24N2OS/c1-13(11-12-14-7-3-2-4-8-14)18-17(21)19-16(20)15-9-5-6-10-15/h2-4,7-8,13,15H,5-6,9-12H2,1H3,(H2,18,19,20,21)/t13-/m1/s1. The Bertz CT molecular complexity index is 469. The number of hydrogen-bond donors (Lipinski definition) is 2. The van der Waals surface area contributed by atoms with Crippen LogP contribution in [0.15, 0.2) is 30.3 Å². The first-order valence-corrected chi connectivity index (χ1v) is 8.21. The van der Waals surface area contributed by atoms with Gasteiger partial charge in [-0.15, -0.1) is 0 Å². The molecule has 1 aromatic carbocycles. The first kappa shape index (κ1) is 16.0. The van der Waals surface area contributed by atoms with Gasteiger partial charge in [-0.1, -0.05) is 43.2 Å². The van der Waals surface area contributed by atoms with E-state index in [0.29, 0.717) is 5.11 Å². The second-order valence-corrected chi connectivity index (χ2v) is 6.28. The lowest BCUT2D eigenvalue weighted by atomic mass is 10.1. The molecule has 0 spiro atoms. The molecule has 0 unspecified atom stereocenters. The first-order valence-electron chi connectivity index (χ1n) is 7.80. The summed E-state index contributed by atoms with van der Waals surface area (Å²) in [6, 6.07) is 10.7. The summed E-state index contributed by atoms with van der Waals surface area (Å²) in [4.78, 5) is 12.0. The van der Waals surface area contributed by atoms with Crippen molar-refractivity contribution in [2.75, 3.05) is 0 Å². The van der Waals surface area contributed by atoms with E-state index in [-0.39, 0.29) is 17.9 Å². The molecular formula is C17H24N2OS. The SMILES string of the molecule is C[C@H](CCc1ccccc1)NC(=S)NC(=O)C1CCCC1. The van der Waals surface area contributed by atoms with Gasteiger partial charge in [0.05, 0.1) is 0 Å². The van der Waals surface area contributed by atoms with Gasteiger partial charge in [0.15, 0.2) is 5.11 Å². The Morgan fingerprint density at radius 2 is 1.95 bits per heavy atom. The number of carbonyl (C=O) groups is 1. The van der Waals surface area contributed by atoms with Crippen molar-refractivity contribution in [3.05, 3.63) is 35.9 Å². The van der Waals surface area contributed by atoms with Crippen LogP contribution >= 0.6 is 12.2 Å². The minimum absolute atomic E-state index is 0.0836. The number of carbonyl (C=O) groups excluding carboxylic acids is 1. The zero-order chi connectivity index (χ0) is 15.1. The van der Waals surface area contributed by atoms with Crippen LogP contribution in [0.1, 0.15) is 44.6 Å². The second-order valence-electron chi connectivity index (χ2n) is 5.87. The van der Waals surface area contributed by atoms with Gasteiger partial charge in [-0.3, -0.25) is 4.79 Å². The van der Waals surface area contributed by atoms with Crippen molar-refractivity contribution in [1.29, 1.82) is 0 Å². The molecule has 1 saturated carbocycles. The summed E-state index contributed by atoms with van der Waals surface area (Å²) in [5, 5.41) is 6.50. The van der Waals surface area contributed by atoms with E-state index in [1.54, 1.807) is 0 Å². The van der Waals surface area contributed by atoms with Gasteiger partial charge in [0, 0.05) is 12.0 Å². The Labute approximate surface area is 132 Å². The van der Waals surface area contributed by atoms with Crippen LogP contribution in [-0.4, -0.2) is 17.1 Å². The third-order valence-corrected chi connectivity index (χ3v) is 4.27. The van der Waals surface area contributed by atoms with Crippen molar-refractivity contribution in [3.8, 4) is 0 Å². The van der Waals surface area contributed by atoms with Crippen molar-refractivity contribution < 1.29 is 4.79 Å². The topological polar surface area (TPSA) is 41.1 Å². The van der Waals surface area contributed by atoms with Crippen LogP contribution in [0.3, 0.4) is 0 Å². The van der Waals surface area contributed by atoms with Crippen LogP contribution < -0.4 is 10.6 Å². The Balaban J connectivity index is 1.68. The van der Waals surface area contributed by atoms with Gasteiger partial charge in [-0.2, -0.15) is 0 Å². The quantitative estimate of drug-likeness (QED) is 0.821. The van der Waals surface area contributed by atoms with Crippen molar-refractivity contribution in [1.82, 2.24) is 10.6 Å².